The number of nitrogens with zero attached hydrogens (tertiary/aromatic N) is 1. The molecule has 0 bridgehead atoms. The molecule has 0 unspecified atom stereocenters. The quantitative estimate of drug-likeness (QED) is 0.297. The van der Waals surface area contributed by atoms with Crippen LogP contribution in [0.1, 0.15) is 15.9 Å². The lowest BCUT2D eigenvalue weighted by Gasteiger charge is -2.10. The Labute approximate surface area is 160 Å². The van der Waals surface area contributed by atoms with Crippen LogP contribution < -0.4 is 5.43 Å². The monoisotopic (exact) mass is 374 g/mol. The largest absolute Gasteiger partial charge is 0.508 e. The average molecular weight is 375 g/mol. The molecule has 0 radical (unpaired) electrons. The number of aromatic hydroxyl groups is 1. The van der Waals surface area contributed by atoms with Crippen molar-refractivity contribution in [1.29, 1.82) is 0 Å². The molecule has 0 saturated carbocycles. The number of carbonyl (C=O) groups is 1. The van der Waals surface area contributed by atoms with Crippen LogP contribution in [-0.4, -0.2) is 17.2 Å². The summed E-state index contributed by atoms with van der Waals surface area (Å²) in [6.45, 7) is 0. The molecule has 4 aromatic carbocycles. The van der Waals surface area contributed by atoms with Crippen molar-refractivity contribution in [3.63, 3.8) is 0 Å². The summed E-state index contributed by atoms with van der Waals surface area (Å²) in [5.74, 6) is -0.247. The number of fused-ring (bicyclic) bond motifs is 2. The summed E-state index contributed by atoms with van der Waals surface area (Å²) in [5, 5.41) is 17.9. The van der Waals surface area contributed by atoms with E-state index >= 15 is 0 Å². The van der Waals surface area contributed by atoms with Gasteiger partial charge in [-0.3, -0.25) is 4.79 Å². The molecule has 2 N–H and O–H groups in total. The Balaban J connectivity index is 1.74. The highest BCUT2D eigenvalue weighted by Gasteiger charge is 2.11. The van der Waals surface area contributed by atoms with Gasteiger partial charge in [-0.25, -0.2) is 5.43 Å². The third-order valence-electron chi connectivity index (χ3n) is 4.40. The van der Waals surface area contributed by atoms with Gasteiger partial charge in [0.05, 0.1) is 11.2 Å². The van der Waals surface area contributed by atoms with E-state index in [0.29, 0.717) is 10.6 Å². The maximum atomic E-state index is 12.2. The Morgan fingerprint density at radius 1 is 0.852 bits per heavy atom. The molecular weight excluding hydrogens is 360 g/mol. The van der Waals surface area contributed by atoms with Crippen LogP contribution in [0.3, 0.4) is 0 Å². The fraction of sp³-hybridized carbons (Fsp3) is 0. The minimum absolute atomic E-state index is 0.106. The maximum Gasteiger partial charge on any atom is 0.271 e. The standard InChI is InChI=1S/C22H15ClN2O2/c23-21-18-7-3-1-5-16(18)20(17-6-2-4-8-19(17)21)13-24-25-22(27)14-9-11-15(26)12-10-14/h1-13,26H,(H,25,27)/b24-13-. The van der Waals surface area contributed by atoms with E-state index < -0.39 is 0 Å². The molecule has 1 amide bonds. The van der Waals surface area contributed by atoms with E-state index in [1.807, 2.05) is 48.5 Å². The number of hydrogen-bond donors (Lipinski definition) is 2. The minimum Gasteiger partial charge on any atom is -0.508 e. The molecule has 0 aromatic heterocycles. The van der Waals surface area contributed by atoms with Gasteiger partial charge < -0.3 is 5.11 Å². The molecule has 4 rings (SSSR count). The molecular formula is C22H15ClN2O2. The second-order valence-corrected chi connectivity index (χ2v) is 6.44. The summed E-state index contributed by atoms with van der Waals surface area (Å²) in [7, 11) is 0. The molecule has 0 atom stereocenters. The second-order valence-electron chi connectivity index (χ2n) is 6.06. The Hall–Kier alpha value is -3.37. The Kier molecular flexibility index (Phi) is 4.48. The number of halogens is 1. The smallest absolute Gasteiger partial charge is 0.271 e. The predicted octanol–water partition coefficient (Wildman–Crippen LogP) is 5.12. The van der Waals surface area contributed by atoms with Gasteiger partial charge in [-0.2, -0.15) is 5.10 Å². The molecule has 132 valence electrons. The number of benzene rings is 4. The first-order valence-electron chi connectivity index (χ1n) is 8.36. The molecule has 0 aliphatic carbocycles. The third kappa shape index (κ3) is 3.23. The van der Waals surface area contributed by atoms with Crippen LogP contribution in [0.2, 0.25) is 5.02 Å². The summed E-state index contributed by atoms with van der Waals surface area (Å²) >= 11 is 6.59. The lowest BCUT2D eigenvalue weighted by Crippen LogP contribution is -2.17. The first kappa shape index (κ1) is 17.1. The molecule has 0 saturated heterocycles. The highest BCUT2D eigenvalue weighted by atomic mass is 35.5. The predicted molar refractivity (Wildman–Crippen MR) is 110 cm³/mol. The number of amides is 1. The van der Waals surface area contributed by atoms with E-state index in [-0.39, 0.29) is 11.7 Å². The van der Waals surface area contributed by atoms with E-state index in [1.54, 1.807) is 6.21 Å². The van der Waals surface area contributed by atoms with Crippen molar-refractivity contribution in [1.82, 2.24) is 5.43 Å². The minimum atomic E-state index is -0.353. The van der Waals surface area contributed by atoms with Gasteiger partial charge in [-0.05, 0) is 35.0 Å². The summed E-state index contributed by atoms with van der Waals surface area (Å²) in [6.07, 6.45) is 1.64. The fourth-order valence-electron chi connectivity index (χ4n) is 3.08. The lowest BCUT2D eigenvalue weighted by molar-refractivity contribution is 0.0955. The number of nitrogens with one attached hydrogen (secondary N) is 1. The first-order valence-corrected chi connectivity index (χ1v) is 8.74. The average Bonchev–Trinajstić information content (AvgIpc) is 2.71. The van der Waals surface area contributed by atoms with Gasteiger partial charge in [0.2, 0.25) is 0 Å². The summed E-state index contributed by atoms with van der Waals surface area (Å²) < 4.78 is 0. The van der Waals surface area contributed by atoms with Crippen LogP contribution in [0.4, 0.5) is 0 Å². The van der Waals surface area contributed by atoms with Crippen LogP contribution >= 0.6 is 11.6 Å². The molecule has 5 heteroatoms. The van der Waals surface area contributed by atoms with Crippen molar-refractivity contribution >= 4 is 45.3 Å². The lowest BCUT2D eigenvalue weighted by atomic mass is 9.97. The van der Waals surface area contributed by atoms with Crippen LogP contribution in [0, 0.1) is 0 Å². The Morgan fingerprint density at radius 3 is 1.93 bits per heavy atom. The molecule has 0 spiro atoms. The zero-order valence-electron chi connectivity index (χ0n) is 14.2. The zero-order chi connectivity index (χ0) is 18.8. The van der Waals surface area contributed by atoms with E-state index in [2.05, 4.69) is 10.5 Å². The van der Waals surface area contributed by atoms with Crippen LogP contribution in [0.5, 0.6) is 5.75 Å². The van der Waals surface area contributed by atoms with Gasteiger partial charge >= 0.3 is 0 Å². The summed E-state index contributed by atoms with van der Waals surface area (Å²) in [4.78, 5) is 12.2. The van der Waals surface area contributed by atoms with E-state index in [4.69, 9.17) is 11.6 Å². The molecule has 0 heterocycles. The highest BCUT2D eigenvalue weighted by molar-refractivity contribution is 6.42. The Bertz CT molecular complexity index is 1130. The first-order chi connectivity index (χ1) is 13.1. The fourth-order valence-corrected chi connectivity index (χ4v) is 3.41. The van der Waals surface area contributed by atoms with Crippen molar-refractivity contribution < 1.29 is 9.90 Å². The molecule has 0 aliphatic heterocycles. The van der Waals surface area contributed by atoms with Crippen LogP contribution in [0.25, 0.3) is 21.5 Å². The van der Waals surface area contributed by atoms with Crippen molar-refractivity contribution in [3.8, 4) is 5.75 Å². The number of carbonyl (C=O) groups excluding carboxylic acids is 1. The third-order valence-corrected chi connectivity index (χ3v) is 4.80. The highest BCUT2D eigenvalue weighted by Crippen LogP contribution is 2.35. The number of hydrogen-bond acceptors (Lipinski definition) is 3. The van der Waals surface area contributed by atoms with E-state index in [0.717, 1.165) is 27.1 Å². The molecule has 0 aliphatic rings. The van der Waals surface area contributed by atoms with Crippen molar-refractivity contribution in [2.75, 3.05) is 0 Å². The van der Waals surface area contributed by atoms with Gasteiger partial charge in [0.25, 0.3) is 5.91 Å². The molecule has 27 heavy (non-hydrogen) atoms. The Morgan fingerprint density at radius 2 is 1.37 bits per heavy atom. The van der Waals surface area contributed by atoms with Crippen molar-refractivity contribution in [2.45, 2.75) is 0 Å². The number of hydrazone groups is 1. The molecule has 0 fully saturated rings. The van der Waals surface area contributed by atoms with Crippen molar-refractivity contribution in [2.24, 2.45) is 5.10 Å². The van der Waals surface area contributed by atoms with Gasteiger partial charge in [0, 0.05) is 21.9 Å². The second kappa shape index (κ2) is 7.09. The van der Waals surface area contributed by atoms with Gasteiger partial charge in [-0.15, -0.1) is 0 Å². The molecule has 4 aromatic rings. The van der Waals surface area contributed by atoms with Gasteiger partial charge in [-0.1, -0.05) is 60.1 Å². The molecule has 4 nitrogen and oxygen atoms in total. The SMILES string of the molecule is O=C(N/N=C\c1c2ccccc2c(Cl)c2ccccc12)c1ccc(O)cc1. The van der Waals surface area contributed by atoms with E-state index in [1.165, 1.54) is 24.3 Å². The van der Waals surface area contributed by atoms with Crippen LogP contribution in [-0.2, 0) is 0 Å². The number of phenols is 1. The number of phenolic OH excluding ortho intramolecular Hbond substituents is 1. The van der Waals surface area contributed by atoms with Crippen molar-refractivity contribution in [3.05, 3.63) is 88.9 Å². The topological polar surface area (TPSA) is 61.7 Å². The summed E-state index contributed by atoms with van der Waals surface area (Å²) in [6, 6.07) is 21.7. The zero-order valence-corrected chi connectivity index (χ0v) is 14.9. The maximum absolute atomic E-state index is 12.2. The summed E-state index contributed by atoms with van der Waals surface area (Å²) in [5.41, 5.74) is 3.83. The normalized spacial score (nSPS) is 11.3. The van der Waals surface area contributed by atoms with Gasteiger partial charge in [0.1, 0.15) is 5.75 Å². The van der Waals surface area contributed by atoms with E-state index in [9.17, 15) is 9.90 Å². The number of rotatable bonds is 3. The van der Waals surface area contributed by atoms with Gasteiger partial charge in [0.15, 0.2) is 0 Å². The van der Waals surface area contributed by atoms with Crippen LogP contribution in [0.15, 0.2) is 77.9 Å².